The lowest BCUT2D eigenvalue weighted by Gasteiger charge is -2.13. The summed E-state index contributed by atoms with van der Waals surface area (Å²) in [5.74, 6) is -0.282. The summed E-state index contributed by atoms with van der Waals surface area (Å²) in [4.78, 5) is 0. The fourth-order valence-corrected chi connectivity index (χ4v) is 2.43. The molecular formula is C14H17ClFN3. The van der Waals surface area contributed by atoms with Crippen LogP contribution in [0.25, 0.3) is 0 Å². The Morgan fingerprint density at radius 3 is 2.68 bits per heavy atom. The van der Waals surface area contributed by atoms with Crippen LogP contribution in [0.5, 0.6) is 0 Å². The Balaban J connectivity index is 2.30. The van der Waals surface area contributed by atoms with Gasteiger partial charge in [0.05, 0.1) is 5.69 Å². The van der Waals surface area contributed by atoms with E-state index in [0.717, 1.165) is 16.8 Å². The highest BCUT2D eigenvalue weighted by Crippen LogP contribution is 2.26. The minimum Gasteiger partial charge on any atom is -0.324 e. The van der Waals surface area contributed by atoms with Gasteiger partial charge in [-0.2, -0.15) is 5.10 Å². The van der Waals surface area contributed by atoms with E-state index >= 15 is 0 Å². The van der Waals surface area contributed by atoms with Crippen molar-refractivity contribution < 1.29 is 4.39 Å². The van der Waals surface area contributed by atoms with Gasteiger partial charge in [-0.3, -0.25) is 4.68 Å². The molecule has 102 valence electrons. The van der Waals surface area contributed by atoms with Crippen molar-refractivity contribution >= 4 is 11.6 Å². The van der Waals surface area contributed by atoms with Gasteiger partial charge in [0.25, 0.3) is 0 Å². The first-order valence-corrected chi connectivity index (χ1v) is 6.47. The van der Waals surface area contributed by atoms with Gasteiger partial charge in [0.15, 0.2) is 0 Å². The minimum atomic E-state index is -0.430. The topological polar surface area (TPSA) is 43.8 Å². The fourth-order valence-electron chi connectivity index (χ4n) is 2.18. The van der Waals surface area contributed by atoms with E-state index in [0.29, 0.717) is 17.1 Å². The Kier molecular flexibility index (Phi) is 3.92. The highest BCUT2D eigenvalue weighted by molar-refractivity contribution is 6.30. The summed E-state index contributed by atoms with van der Waals surface area (Å²) in [6, 6.07) is 4.52. The molecule has 0 fully saturated rings. The maximum Gasteiger partial charge on any atom is 0.130 e. The van der Waals surface area contributed by atoms with Crippen molar-refractivity contribution in [1.29, 1.82) is 0 Å². The van der Waals surface area contributed by atoms with Gasteiger partial charge in [-0.15, -0.1) is 0 Å². The van der Waals surface area contributed by atoms with Gasteiger partial charge in [0.2, 0.25) is 0 Å². The van der Waals surface area contributed by atoms with Gasteiger partial charge in [-0.25, -0.2) is 4.39 Å². The predicted molar refractivity (Wildman–Crippen MR) is 74.7 cm³/mol. The summed E-state index contributed by atoms with van der Waals surface area (Å²) in [6.07, 6.45) is 0.471. The van der Waals surface area contributed by atoms with Crippen LogP contribution in [-0.2, 0) is 13.5 Å². The third-order valence-electron chi connectivity index (χ3n) is 3.24. The van der Waals surface area contributed by atoms with Crippen molar-refractivity contribution in [2.45, 2.75) is 26.3 Å². The molecule has 19 heavy (non-hydrogen) atoms. The standard InChI is InChI=1S/C14H17ClFN3/c1-8-4-5-12(16)11(6-8)13(17)7-10-9(2)18-19(3)14(10)15/h4-6,13H,7,17H2,1-3H3. The molecule has 1 aromatic carbocycles. The molecule has 1 heterocycles. The molecule has 0 radical (unpaired) electrons. The molecule has 0 aliphatic carbocycles. The van der Waals surface area contributed by atoms with E-state index in [2.05, 4.69) is 5.10 Å². The van der Waals surface area contributed by atoms with Crippen molar-refractivity contribution in [1.82, 2.24) is 9.78 Å². The fraction of sp³-hybridized carbons (Fsp3) is 0.357. The van der Waals surface area contributed by atoms with Gasteiger partial charge < -0.3 is 5.73 Å². The first kappa shape index (κ1) is 14.0. The van der Waals surface area contributed by atoms with Crippen molar-refractivity contribution in [3.63, 3.8) is 0 Å². The first-order valence-electron chi connectivity index (χ1n) is 6.09. The summed E-state index contributed by atoms with van der Waals surface area (Å²) in [6.45, 7) is 3.79. The van der Waals surface area contributed by atoms with Gasteiger partial charge in [-0.05, 0) is 26.3 Å². The van der Waals surface area contributed by atoms with Crippen molar-refractivity contribution in [2.24, 2.45) is 12.8 Å². The highest BCUT2D eigenvalue weighted by atomic mass is 35.5. The Morgan fingerprint density at radius 1 is 1.42 bits per heavy atom. The van der Waals surface area contributed by atoms with Crippen LogP contribution in [0.4, 0.5) is 4.39 Å². The van der Waals surface area contributed by atoms with Crippen molar-refractivity contribution in [3.05, 3.63) is 51.6 Å². The number of nitrogens with zero attached hydrogens (tertiary/aromatic N) is 2. The van der Waals surface area contributed by atoms with Crippen LogP contribution in [0, 0.1) is 19.7 Å². The van der Waals surface area contributed by atoms with E-state index in [-0.39, 0.29) is 5.82 Å². The second-order valence-electron chi connectivity index (χ2n) is 4.81. The van der Waals surface area contributed by atoms with E-state index in [1.165, 1.54) is 6.07 Å². The van der Waals surface area contributed by atoms with Crippen LogP contribution in [-0.4, -0.2) is 9.78 Å². The number of aromatic nitrogens is 2. The molecule has 0 aliphatic rings. The van der Waals surface area contributed by atoms with Crippen molar-refractivity contribution in [3.8, 4) is 0 Å². The predicted octanol–water partition coefficient (Wildman–Crippen LogP) is 3.07. The van der Waals surface area contributed by atoms with Gasteiger partial charge >= 0.3 is 0 Å². The van der Waals surface area contributed by atoms with Crippen LogP contribution in [0.15, 0.2) is 18.2 Å². The molecule has 0 spiro atoms. The Hall–Kier alpha value is -1.39. The number of rotatable bonds is 3. The van der Waals surface area contributed by atoms with E-state index in [1.54, 1.807) is 23.9 Å². The SMILES string of the molecule is Cc1ccc(F)c(C(N)Cc2c(C)nn(C)c2Cl)c1. The minimum absolute atomic E-state index is 0.282. The zero-order valence-corrected chi connectivity index (χ0v) is 12.0. The number of hydrogen-bond acceptors (Lipinski definition) is 2. The number of halogens is 2. The number of aryl methyl sites for hydroxylation is 3. The summed E-state index contributed by atoms with van der Waals surface area (Å²) < 4.78 is 15.4. The number of hydrogen-bond donors (Lipinski definition) is 1. The number of nitrogens with two attached hydrogens (primary N) is 1. The Morgan fingerprint density at radius 2 is 2.11 bits per heavy atom. The summed E-state index contributed by atoms with van der Waals surface area (Å²) in [5, 5.41) is 4.79. The molecule has 1 unspecified atom stereocenters. The van der Waals surface area contributed by atoms with Gasteiger partial charge in [-0.1, -0.05) is 29.3 Å². The average molecular weight is 282 g/mol. The average Bonchev–Trinajstić information content (AvgIpc) is 2.59. The largest absolute Gasteiger partial charge is 0.324 e. The summed E-state index contributed by atoms with van der Waals surface area (Å²) in [5.41, 5.74) is 9.31. The zero-order valence-electron chi connectivity index (χ0n) is 11.2. The second-order valence-corrected chi connectivity index (χ2v) is 5.17. The lowest BCUT2D eigenvalue weighted by molar-refractivity contribution is 0.579. The Labute approximate surface area is 117 Å². The van der Waals surface area contributed by atoms with Gasteiger partial charge in [0.1, 0.15) is 11.0 Å². The summed E-state index contributed by atoms with van der Waals surface area (Å²) >= 11 is 6.17. The van der Waals surface area contributed by atoms with Crippen molar-refractivity contribution in [2.75, 3.05) is 0 Å². The normalized spacial score (nSPS) is 12.7. The maximum absolute atomic E-state index is 13.8. The highest BCUT2D eigenvalue weighted by Gasteiger charge is 2.18. The lowest BCUT2D eigenvalue weighted by atomic mass is 9.98. The molecule has 0 amide bonds. The van der Waals surface area contributed by atoms with Crippen LogP contribution >= 0.6 is 11.6 Å². The lowest BCUT2D eigenvalue weighted by Crippen LogP contribution is -2.15. The van der Waals surface area contributed by atoms with Gasteiger partial charge in [0, 0.05) is 24.2 Å². The van der Waals surface area contributed by atoms with Crippen LogP contribution in [0.1, 0.15) is 28.4 Å². The molecule has 0 saturated heterocycles. The van der Waals surface area contributed by atoms with E-state index < -0.39 is 6.04 Å². The molecule has 3 nitrogen and oxygen atoms in total. The molecule has 2 N–H and O–H groups in total. The third-order valence-corrected chi connectivity index (χ3v) is 3.72. The Bertz CT molecular complexity index is 607. The second kappa shape index (κ2) is 5.31. The van der Waals surface area contributed by atoms with E-state index in [1.807, 2.05) is 13.8 Å². The molecule has 2 rings (SSSR count). The zero-order chi connectivity index (χ0) is 14.2. The van der Waals surface area contributed by atoms with Crippen LogP contribution in [0.3, 0.4) is 0 Å². The number of benzene rings is 1. The maximum atomic E-state index is 13.8. The molecule has 0 aliphatic heterocycles. The molecule has 2 aromatic rings. The molecule has 1 atom stereocenters. The summed E-state index contributed by atoms with van der Waals surface area (Å²) in [7, 11) is 1.78. The van der Waals surface area contributed by atoms with E-state index in [9.17, 15) is 4.39 Å². The molecule has 5 heteroatoms. The molecule has 0 saturated carbocycles. The monoisotopic (exact) mass is 281 g/mol. The smallest absolute Gasteiger partial charge is 0.130 e. The first-order chi connectivity index (χ1) is 8.90. The quantitative estimate of drug-likeness (QED) is 0.940. The third kappa shape index (κ3) is 2.80. The van der Waals surface area contributed by atoms with E-state index in [4.69, 9.17) is 17.3 Å². The molecule has 1 aromatic heterocycles. The van der Waals surface area contributed by atoms with Crippen LogP contribution < -0.4 is 5.73 Å². The molecular weight excluding hydrogens is 265 g/mol. The van der Waals surface area contributed by atoms with Crippen LogP contribution in [0.2, 0.25) is 5.15 Å². The molecule has 0 bridgehead atoms.